The van der Waals surface area contributed by atoms with Crippen molar-refractivity contribution >= 4 is 33.7 Å². The number of carbonyl (C=O) groups excluding carboxylic acids is 2. The summed E-state index contributed by atoms with van der Waals surface area (Å²) in [5, 5.41) is 3.98. The van der Waals surface area contributed by atoms with E-state index in [9.17, 15) is 18.0 Å². The molecule has 3 aromatic carbocycles. The van der Waals surface area contributed by atoms with Crippen molar-refractivity contribution in [3.63, 3.8) is 0 Å². The predicted molar refractivity (Wildman–Crippen MR) is 158 cm³/mol. The first-order valence-electron chi connectivity index (χ1n) is 13.4. The summed E-state index contributed by atoms with van der Waals surface area (Å²) in [5.74, 6) is 1.10. The van der Waals surface area contributed by atoms with Gasteiger partial charge in [0.05, 0.1) is 18.2 Å². The molecule has 1 aliphatic rings. The van der Waals surface area contributed by atoms with Gasteiger partial charge in [-0.25, -0.2) is 13.8 Å². The van der Waals surface area contributed by atoms with Gasteiger partial charge in [-0.1, -0.05) is 18.2 Å². The molecule has 4 rings (SSSR count). The maximum atomic E-state index is 12.8. The Morgan fingerprint density at radius 3 is 2.17 bits per heavy atom. The average Bonchev–Trinajstić information content (AvgIpc) is 2.98. The lowest BCUT2D eigenvalue weighted by Crippen LogP contribution is -2.46. The van der Waals surface area contributed by atoms with E-state index in [1.54, 1.807) is 48.5 Å². The highest BCUT2D eigenvalue weighted by molar-refractivity contribution is 7.92. The van der Waals surface area contributed by atoms with E-state index in [2.05, 4.69) is 10.5 Å². The van der Waals surface area contributed by atoms with Gasteiger partial charge in [0.25, 0.3) is 11.8 Å². The number of anilines is 1. The smallest absolute Gasteiger partial charge is 0.263 e. The van der Waals surface area contributed by atoms with Crippen LogP contribution in [0.3, 0.4) is 0 Å². The minimum Gasteiger partial charge on any atom is -0.484 e. The number of piperidine rings is 1. The number of rotatable bonds is 11. The standard InChI is InChI=1S/C30H34N4O6S/c1-23(34(41(2,37)38)25-13-17-28(18-14-25)40-27-9-5-3-6-10-27)30(36)32-31-21-24-11-15-26(16-12-24)39-22-29(35)33-19-7-4-8-20-33/h3,5-6,9-18,21,23H,4,7-8,19-20,22H2,1-2H3,(H,32,36)/b31-21-/t23-/m1/s1. The average molecular weight is 579 g/mol. The second-order valence-electron chi connectivity index (χ2n) is 9.68. The molecule has 0 aliphatic carbocycles. The normalized spacial score (nSPS) is 14.3. The van der Waals surface area contributed by atoms with Crippen molar-refractivity contribution in [2.24, 2.45) is 5.10 Å². The van der Waals surface area contributed by atoms with Crippen LogP contribution < -0.4 is 19.2 Å². The molecule has 0 radical (unpaired) electrons. The number of likely N-dealkylation sites (tertiary alicyclic amines) is 1. The molecule has 216 valence electrons. The lowest BCUT2D eigenvalue weighted by molar-refractivity contribution is -0.134. The van der Waals surface area contributed by atoms with Crippen molar-refractivity contribution in [2.45, 2.75) is 32.2 Å². The van der Waals surface area contributed by atoms with Gasteiger partial charge in [0.1, 0.15) is 23.3 Å². The van der Waals surface area contributed by atoms with Crippen LogP contribution in [0.1, 0.15) is 31.7 Å². The number of benzene rings is 3. The molecule has 1 aliphatic heterocycles. The summed E-state index contributed by atoms with van der Waals surface area (Å²) in [6.45, 7) is 3.03. The number of hydrazone groups is 1. The maximum Gasteiger partial charge on any atom is 0.263 e. The quantitative estimate of drug-likeness (QED) is 0.270. The van der Waals surface area contributed by atoms with Crippen LogP contribution in [0.25, 0.3) is 0 Å². The van der Waals surface area contributed by atoms with Gasteiger partial charge < -0.3 is 14.4 Å². The lowest BCUT2D eigenvalue weighted by atomic mass is 10.1. The first kappa shape index (κ1) is 29.6. The molecule has 0 bridgehead atoms. The molecule has 10 nitrogen and oxygen atoms in total. The van der Waals surface area contributed by atoms with E-state index in [0.717, 1.165) is 42.9 Å². The number of nitrogens with zero attached hydrogens (tertiary/aromatic N) is 3. The topological polar surface area (TPSA) is 118 Å². The molecule has 1 atom stereocenters. The zero-order valence-corrected chi connectivity index (χ0v) is 23.9. The Kier molecular flexibility index (Phi) is 9.96. The van der Waals surface area contributed by atoms with Crippen LogP contribution in [-0.4, -0.2) is 63.3 Å². The van der Waals surface area contributed by atoms with Gasteiger partial charge in [-0.2, -0.15) is 5.10 Å². The maximum absolute atomic E-state index is 12.8. The van der Waals surface area contributed by atoms with Crippen LogP contribution in [0.15, 0.2) is 84.0 Å². The molecule has 1 saturated heterocycles. The molecule has 1 N–H and O–H groups in total. The van der Waals surface area contributed by atoms with E-state index in [1.807, 2.05) is 35.2 Å². The zero-order chi connectivity index (χ0) is 29.2. The highest BCUT2D eigenvalue weighted by Gasteiger charge is 2.29. The summed E-state index contributed by atoms with van der Waals surface area (Å²) in [5.41, 5.74) is 3.40. The second-order valence-corrected chi connectivity index (χ2v) is 11.5. The molecule has 1 fully saturated rings. The number of sulfonamides is 1. The van der Waals surface area contributed by atoms with E-state index in [-0.39, 0.29) is 12.5 Å². The van der Waals surface area contributed by atoms with Gasteiger partial charge in [0, 0.05) is 13.1 Å². The van der Waals surface area contributed by atoms with Crippen molar-refractivity contribution in [1.82, 2.24) is 10.3 Å². The Bertz CT molecular complexity index is 1440. The summed E-state index contributed by atoms with van der Waals surface area (Å²) >= 11 is 0. The Morgan fingerprint density at radius 1 is 0.927 bits per heavy atom. The van der Waals surface area contributed by atoms with Crippen LogP contribution in [0, 0.1) is 0 Å². The van der Waals surface area contributed by atoms with Gasteiger partial charge >= 0.3 is 0 Å². The number of para-hydroxylation sites is 1. The first-order chi connectivity index (χ1) is 19.7. The van der Waals surface area contributed by atoms with Crippen LogP contribution in [0.2, 0.25) is 0 Å². The number of nitrogens with one attached hydrogen (secondary N) is 1. The van der Waals surface area contributed by atoms with Crippen molar-refractivity contribution in [3.8, 4) is 17.2 Å². The molecule has 41 heavy (non-hydrogen) atoms. The monoisotopic (exact) mass is 578 g/mol. The first-order valence-corrected chi connectivity index (χ1v) is 15.2. The van der Waals surface area contributed by atoms with Gasteiger partial charge in [-0.15, -0.1) is 0 Å². The van der Waals surface area contributed by atoms with Crippen LogP contribution in [0.5, 0.6) is 17.2 Å². The molecule has 3 aromatic rings. The fourth-order valence-electron chi connectivity index (χ4n) is 4.39. The lowest BCUT2D eigenvalue weighted by Gasteiger charge is -2.27. The third-order valence-corrected chi connectivity index (χ3v) is 7.74. The largest absolute Gasteiger partial charge is 0.484 e. The van der Waals surface area contributed by atoms with E-state index in [4.69, 9.17) is 9.47 Å². The highest BCUT2D eigenvalue weighted by atomic mass is 32.2. The Balaban J connectivity index is 1.32. The molecular weight excluding hydrogens is 544 g/mol. The molecule has 1 heterocycles. The van der Waals surface area contributed by atoms with Crippen LogP contribution >= 0.6 is 0 Å². The molecular formula is C30H34N4O6S. The summed E-state index contributed by atoms with van der Waals surface area (Å²) in [4.78, 5) is 26.9. The fraction of sp³-hybridized carbons (Fsp3) is 0.300. The number of hydrogen-bond acceptors (Lipinski definition) is 7. The van der Waals surface area contributed by atoms with Gasteiger partial charge in [-0.3, -0.25) is 13.9 Å². The summed E-state index contributed by atoms with van der Waals surface area (Å²) in [6.07, 6.45) is 5.69. The number of hydrogen-bond donors (Lipinski definition) is 1. The van der Waals surface area contributed by atoms with Gasteiger partial charge in [-0.05, 0) is 92.4 Å². The number of ether oxygens (including phenoxy) is 2. The van der Waals surface area contributed by atoms with Crippen LogP contribution in [-0.2, 0) is 19.6 Å². The molecule has 0 unspecified atom stereocenters. The van der Waals surface area contributed by atoms with Crippen molar-refractivity contribution in [1.29, 1.82) is 0 Å². The SMILES string of the molecule is C[C@H](C(=O)N/N=C\c1ccc(OCC(=O)N2CCCCC2)cc1)N(c1ccc(Oc2ccccc2)cc1)S(C)(=O)=O. The third-order valence-electron chi connectivity index (χ3n) is 6.50. The second kappa shape index (κ2) is 13.8. The van der Waals surface area contributed by atoms with Gasteiger partial charge in [0.15, 0.2) is 6.61 Å². The molecule has 0 spiro atoms. The summed E-state index contributed by atoms with van der Waals surface area (Å²) < 4.78 is 37.6. The Morgan fingerprint density at radius 2 is 1.54 bits per heavy atom. The van der Waals surface area contributed by atoms with Crippen molar-refractivity contribution in [3.05, 3.63) is 84.4 Å². The Hall–Kier alpha value is -4.38. The third kappa shape index (κ3) is 8.55. The van der Waals surface area contributed by atoms with Crippen molar-refractivity contribution < 1.29 is 27.5 Å². The summed E-state index contributed by atoms with van der Waals surface area (Å²) in [6, 6.07) is 21.5. The fourth-order valence-corrected chi connectivity index (χ4v) is 5.56. The molecule has 11 heteroatoms. The van der Waals surface area contributed by atoms with Gasteiger partial charge in [0.2, 0.25) is 10.0 Å². The minimum atomic E-state index is -3.80. The molecule has 0 saturated carbocycles. The Labute approximate surface area is 240 Å². The van der Waals surface area contributed by atoms with E-state index in [1.165, 1.54) is 13.1 Å². The minimum absolute atomic E-state index is 0.0129. The molecule has 0 aromatic heterocycles. The number of carbonyl (C=O) groups is 2. The highest BCUT2D eigenvalue weighted by Crippen LogP contribution is 2.27. The number of amides is 2. The van der Waals surface area contributed by atoms with Crippen LogP contribution in [0.4, 0.5) is 5.69 Å². The predicted octanol–water partition coefficient (Wildman–Crippen LogP) is 4.18. The molecule has 2 amide bonds. The summed E-state index contributed by atoms with van der Waals surface area (Å²) in [7, 11) is -3.80. The van der Waals surface area contributed by atoms with Crippen molar-refractivity contribution in [2.75, 3.05) is 30.3 Å². The van der Waals surface area contributed by atoms with E-state index < -0.39 is 22.0 Å². The van der Waals surface area contributed by atoms with E-state index in [0.29, 0.717) is 28.5 Å². The zero-order valence-electron chi connectivity index (χ0n) is 23.1. The van der Waals surface area contributed by atoms with E-state index >= 15 is 0 Å².